The van der Waals surface area contributed by atoms with Gasteiger partial charge in [0.2, 0.25) is 5.89 Å². The Hall–Kier alpha value is -1.08. The number of halogens is 3. The monoisotopic (exact) mass is 280 g/mol. The van der Waals surface area contributed by atoms with Crippen LogP contribution in [0.15, 0.2) is 10.6 Å². The number of ether oxygens (including phenoxy) is 1. The number of hydrogen-bond acceptors (Lipinski definition) is 4. The van der Waals surface area contributed by atoms with E-state index in [4.69, 9.17) is 4.42 Å². The lowest BCUT2D eigenvalue weighted by molar-refractivity contribution is -0.173. The highest BCUT2D eigenvalue weighted by molar-refractivity contribution is 4.97. The summed E-state index contributed by atoms with van der Waals surface area (Å²) >= 11 is 0. The van der Waals surface area contributed by atoms with E-state index in [1.165, 1.54) is 6.20 Å². The molecule has 4 nitrogen and oxygen atoms in total. The number of hydrogen-bond donors (Lipinski definition) is 1. The summed E-state index contributed by atoms with van der Waals surface area (Å²) < 4.78 is 45.5. The minimum Gasteiger partial charge on any atom is -0.444 e. The molecule has 7 heteroatoms. The average molecular weight is 280 g/mol. The van der Waals surface area contributed by atoms with Gasteiger partial charge >= 0.3 is 6.18 Å². The maximum Gasteiger partial charge on any atom is 0.411 e. The van der Waals surface area contributed by atoms with Gasteiger partial charge in [-0.05, 0) is 19.9 Å². The Morgan fingerprint density at radius 3 is 2.84 bits per heavy atom. The second-order valence-electron chi connectivity index (χ2n) is 4.26. The van der Waals surface area contributed by atoms with Gasteiger partial charge in [-0.3, -0.25) is 0 Å². The lowest BCUT2D eigenvalue weighted by atomic mass is 10.3. The molecular formula is C12H19F3N2O2. The van der Waals surface area contributed by atoms with Crippen LogP contribution >= 0.6 is 0 Å². The molecule has 0 aromatic carbocycles. The Kier molecular flexibility index (Phi) is 6.30. The van der Waals surface area contributed by atoms with Crippen molar-refractivity contribution >= 4 is 0 Å². The minimum absolute atomic E-state index is 0.00945. The summed E-state index contributed by atoms with van der Waals surface area (Å²) in [5.41, 5.74) is 0. The zero-order valence-corrected chi connectivity index (χ0v) is 11.1. The van der Waals surface area contributed by atoms with E-state index in [1.807, 2.05) is 6.92 Å². The maximum absolute atomic E-state index is 11.8. The van der Waals surface area contributed by atoms with E-state index in [-0.39, 0.29) is 19.1 Å². The number of rotatable bonds is 8. The standard InChI is InChI=1S/C12H19F3N2O2/c1-3-5-16-9(2)11-17-7-10(19-11)4-6-18-8-12(13,14)15/h7,9,16H,3-6,8H2,1-2H3. The number of nitrogens with one attached hydrogen (secondary N) is 1. The first-order valence-electron chi connectivity index (χ1n) is 6.25. The molecule has 1 N–H and O–H groups in total. The van der Waals surface area contributed by atoms with E-state index in [0.717, 1.165) is 13.0 Å². The first-order chi connectivity index (χ1) is 8.92. The van der Waals surface area contributed by atoms with Gasteiger partial charge in [-0.2, -0.15) is 13.2 Å². The Balaban J connectivity index is 2.30. The molecule has 1 heterocycles. The second kappa shape index (κ2) is 7.49. The van der Waals surface area contributed by atoms with Gasteiger partial charge < -0.3 is 14.5 Å². The van der Waals surface area contributed by atoms with Crippen molar-refractivity contribution in [2.45, 2.75) is 38.9 Å². The van der Waals surface area contributed by atoms with Crippen LogP contribution in [0, 0.1) is 0 Å². The van der Waals surface area contributed by atoms with Crippen molar-refractivity contribution in [2.75, 3.05) is 19.8 Å². The minimum atomic E-state index is -4.29. The van der Waals surface area contributed by atoms with E-state index in [0.29, 0.717) is 11.7 Å². The van der Waals surface area contributed by atoms with Gasteiger partial charge in [0.1, 0.15) is 12.4 Å². The Morgan fingerprint density at radius 1 is 1.47 bits per heavy atom. The summed E-state index contributed by atoms with van der Waals surface area (Å²) in [7, 11) is 0. The molecule has 0 amide bonds. The lowest BCUT2D eigenvalue weighted by Gasteiger charge is -2.08. The average Bonchev–Trinajstić information content (AvgIpc) is 2.79. The molecule has 110 valence electrons. The third-order valence-electron chi connectivity index (χ3n) is 2.40. The van der Waals surface area contributed by atoms with Gasteiger partial charge in [-0.25, -0.2) is 4.98 Å². The van der Waals surface area contributed by atoms with Gasteiger partial charge in [0.05, 0.1) is 18.8 Å². The molecule has 1 unspecified atom stereocenters. The van der Waals surface area contributed by atoms with Gasteiger partial charge in [-0.15, -0.1) is 0 Å². The summed E-state index contributed by atoms with van der Waals surface area (Å²) in [6, 6.07) is -0.00945. The molecule has 0 saturated heterocycles. The molecule has 0 radical (unpaired) electrons. The highest BCUT2D eigenvalue weighted by atomic mass is 19.4. The van der Waals surface area contributed by atoms with Crippen molar-refractivity contribution in [1.82, 2.24) is 10.3 Å². The molecule has 1 rings (SSSR count). The van der Waals surface area contributed by atoms with Crippen LogP contribution in [0.25, 0.3) is 0 Å². The van der Waals surface area contributed by atoms with Crippen LogP contribution in [-0.4, -0.2) is 30.9 Å². The second-order valence-corrected chi connectivity index (χ2v) is 4.26. The van der Waals surface area contributed by atoms with Crippen LogP contribution in [0.2, 0.25) is 0 Å². The van der Waals surface area contributed by atoms with Crippen LogP contribution < -0.4 is 5.32 Å². The van der Waals surface area contributed by atoms with Crippen molar-refractivity contribution in [2.24, 2.45) is 0 Å². The van der Waals surface area contributed by atoms with Crippen molar-refractivity contribution in [1.29, 1.82) is 0 Å². The predicted octanol–water partition coefficient (Wildman–Crippen LogP) is 2.86. The van der Waals surface area contributed by atoms with Crippen molar-refractivity contribution in [3.8, 4) is 0 Å². The zero-order chi connectivity index (χ0) is 14.3. The Morgan fingerprint density at radius 2 is 2.21 bits per heavy atom. The first-order valence-corrected chi connectivity index (χ1v) is 6.25. The third-order valence-corrected chi connectivity index (χ3v) is 2.40. The molecule has 0 saturated carbocycles. The van der Waals surface area contributed by atoms with E-state index in [2.05, 4.69) is 22.0 Å². The number of nitrogens with zero attached hydrogens (tertiary/aromatic N) is 1. The summed E-state index contributed by atoms with van der Waals surface area (Å²) in [6.07, 6.45) is -1.48. The van der Waals surface area contributed by atoms with Gasteiger partial charge in [0.25, 0.3) is 0 Å². The smallest absolute Gasteiger partial charge is 0.411 e. The quantitative estimate of drug-likeness (QED) is 0.744. The topological polar surface area (TPSA) is 47.3 Å². The van der Waals surface area contributed by atoms with Crippen LogP contribution in [-0.2, 0) is 11.2 Å². The fourth-order valence-corrected chi connectivity index (χ4v) is 1.45. The molecule has 1 atom stereocenters. The predicted molar refractivity (Wildman–Crippen MR) is 63.8 cm³/mol. The number of aromatic nitrogens is 1. The molecule has 0 spiro atoms. The molecule has 0 bridgehead atoms. The van der Waals surface area contributed by atoms with E-state index in [1.54, 1.807) is 0 Å². The molecule has 0 aliphatic rings. The largest absolute Gasteiger partial charge is 0.444 e. The maximum atomic E-state index is 11.8. The van der Waals surface area contributed by atoms with Crippen LogP contribution in [0.3, 0.4) is 0 Å². The van der Waals surface area contributed by atoms with Crippen LogP contribution in [0.1, 0.15) is 38.0 Å². The van der Waals surface area contributed by atoms with Gasteiger partial charge in [0.15, 0.2) is 0 Å². The normalized spacial score (nSPS) is 13.7. The molecule has 0 aliphatic heterocycles. The highest BCUT2D eigenvalue weighted by Gasteiger charge is 2.27. The summed E-state index contributed by atoms with van der Waals surface area (Å²) in [5, 5.41) is 3.21. The fraction of sp³-hybridized carbons (Fsp3) is 0.750. The number of alkyl halides is 3. The van der Waals surface area contributed by atoms with Crippen LogP contribution in [0.5, 0.6) is 0 Å². The van der Waals surface area contributed by atoms with E-state index in [9.17, 15) is 13.2 Å². The third kappa shape index (κ3) is 6.58. The molecule has 0 fully saturated rings. The van der Waals surface area contributed by atoms with Crippen molar-refractivity contribution in [3.05, 3.63) is 17.8 Å². The summed E-state index contributed by atoms with van der Waals surface area (Å²) in [4.78, 5) is 4.09. The molecule has 1 aromatic rings. The Bertz CT molecular complexity index is 366. The van der Waals surface area contributed by atoms with Crippen molar-refractivity contribution in [3.63, 3.8) is 0 Å². The van der Waals surface area contributed by atoms with Crippen molar-refractivity contribution < 1.29 is 22.3 Å². The molecule has 1 aromatic heterocycles. The molecular weight excluding hydrogens is 261 g/mol. The molecule has 0 aliphatic carbocycles. The zero-order valence-electron chi connectivity index (χ0n) is 11.1. The highest BCUT2D eigenvalue weighted by Crippen LogP contribution is 2.16. The molecule has 19 heavy (non-hydrogen) atoms. The van der Waals surface area contributed by atoms with E-state index >= 15 is 0 Å². The summed E-state index contributed by atoms with van der Waals surface area (Å²) in [6.45, 7) is 3.56. The van der Waals surface area contributed by atoms with E-state index < -0.39 is 12.8 Å². The van der Waals surface area contributed by atoms with Crippen LogP contribution in [0.4, 0.5) is 13.2 Å². The van der Waals surface area contributed by atoms with Gasteiger partial charge in [0, 0.05) is 6.42 Å². The fourth-order valence-electron chi connectivity index (χ4n) is 1.45. The summed E-state index contributed by atoms with van der Waals surface area (Å²) in [5.74, 6) is 1.07. The first kappa shape index (κ1) is 16.0. The SMILES string of the molecule is CCCNC(C)c1ncc(CCOCC(F)(F)F)o1. The lowest BCUT2D eigenvalue weighted by Crippen LogP contribution is -2.19. The number of oxazole rings is 1. The Labute approximate surface area is 110 Å². The van der Waals surface area contributed by atoms with Gasteiger partial charge in [-0.1, -0.05) is 6.92 Å².